The van der Waals surface area contributed by atoms with Gasteiger partial charge in [-0.2, -0.15) is 33.2 Å². The summed E-state index contributed by atoms with van der Waals surface area (Å²) in [6, 6.07) is 9.47. The topological polar surface area (TPSA) is 335 Å². The smallest absolute Gasteiger partial charge is 0.335 e. The van der Waals surface area contributed by atoms with Gasteiger partial charge in [0.05, 0.1) is 37.9 Å². The fourth-order valence-electron chi connectivity index (χ4n) is 4.74. The molecule has 0 spiro atoms. The predicted octanol–water partition coefficient (Wildman–Crippen LogP) is 5.53. The van der Waals surface area contributed by atoms with Crippen molar-refractivity contribution in [3.63, 3.8) is 0 Å². The number of carboxylic acid groups (broad SMARTS) is 4. The molecule has 0 aliphatic rings. The van der Waals surface area contributed by atoms with Crippen molar-refractivity contribution in [3.05, 3.63) is 87.6 Å². The minimum atomic E-state index is -4.63. The molecule has 0 saturated heterocycles. The number of nitrogens with zero attached hydrogens (tertiary/aromatic N) is 7. The van der Waals surface area contributed by atoms with Crippen molar-refractivity contribution < 1.29 is 52.6 Å². The number of rotatable bonds is 12. The minimum absolute atomic E-state index is 0.0284. The van der Waals surface area contributed by atoms with Gasteiger partial charge in [0.25, 0.3) is 16.1 Å². The third-order valence-electron chi connectivity index (χ3n) is 7.26. The number of carbonyl (C=O) groups is 4. The molecule has 21 nitrogen and oxygen atoms in total. The Morgan fingerprint density at radius 1 is 0.745 bits per heavy atom. The lowest BCUT2D eigenvalue weighted by Gasteiger charge is -2.15. The standard InChI is InChI=1S/C32H27ClN10O11S/c1-32(2,3)23-22(41-40-21-12-19(55(52,53)54)4-5-20(21)33)24(34)43(42-23)31-38-29(35-17-8-13(25(44)45)6-14(9-17)26(46)47)37-30(39-31)36-18-10-15(27(48)49)7-16(11-18)28(50)51/h4-12H,34H2,1-3H3,(H,44,45)(H,46,47)(H,48,49)(H,50,51)(H,52,53,54)(H2,35,36,37,38,39). The number of nitrogens with two attached hydrogens (primary N) is 1. The van der Waals surface area contributed by atoms with E-state index in [0.29, 0.717) is 0 Å². The maximum Gasteiger partial charge on any atom is 0.335 e. The summed E-state index contributed by atoms with van der Waals surface area (Å²) in [6.45, 7) is 5.26. The van der Waals surface area contributed by atoms with Crippen LogP contribution in [0.2, 0.25) is 5.02 Å². The highest BCUT2D eigenvalue weighted by Gasteiger charge is 2.28. The Balaban J connectivity index is 1.70. The first kappa shape index (κ1) is 39.2. The third kappa shape index (κ3) is 8.95. The molecule has 0 bridgehead atoms. The van der Waals surface area contributed by atoms with E-state index in [-0.39, 0.29) is 57.1 Å². The van der Waals surface area contributed by atoms with E-state index in [1.165, 1.54) is 6.07 Å². The number of hydrogen-bond acceptors (Lipinski definition) is 15. The maximum atomic E-state index is 11.8. The molecule has 284 valence electrons. The lowest BCUT2D eigenvalue weighted by Crippen LogP contribution is -2.15. The van der Waals surface area contributed by atoms with E-state index < -0.39 is 66.6 Å². The van der Waals surface area contributed by atoms with Gasteiger partial charge in [0.2, 0.25) is 11.9 Å². The van der Waals surface area contributed by atoms with E-state index in [1.807, 2.05) is 0 Å². The van der Waals surface area contributed by atoms with E-state index in [1.54, 1.807) is 20.8 Å². The predicted molar refractivity (Wildman–Crippen MR) is 193 cm³/mol. The molecule has 3 aromatic carbocycles. The van der Waals surface area contributed by atoms with E-state index in [9.17, 15) is 52.6 Å². The number of nitrogen functional groups attached to an aromatic ring is 1. The Kier molecular flexibility index (Phi) is 10.5. The molecule has 2 heterocycles. The van der Waals surface area contributed by atoms with Crippen molar-refractivity contribution in [3.8, 4) is 5.95 Å². The lowest BCUT2D eigenvalue weighted by molar-refractivity contribution is 0.0676. The van der Waals surface area contributed by atoms with Gasteiger partial charge in [0.15, 0.2) is 11.5 Å². The van der Waals surface area contributed by atoms with Gasteiger partial charge in [-0.15, -0.1) is 10.2 Å². The molecule has 0 saturated carbocycles. The zero-order chi connectivity index (χ0) is 40.6. The number of hydrogen-bond donors (Lipinski definition) is 8. The summed E-state index contributed by atoms with van der Waals surface area (Å²) < 4.78 is 33.9. The van der Waals surface area contributed by atoms with Gasteiger partial charge in [0, 0.05) is 16.8 Å². The summed E-state index contributed by atoms with van der Waals surface area (Å²) >= 11 is 6.21. The molecule has 0 aliphatic heterocycles. The van der Waals surface area contributed by atoms with E-state index >= 15 is 0 Å². The molecule has 0 atom stereocenters. The van der Waals surface area contributed by atoms with Gasteiger partial charge < -0.3 is 36.8 Å². The Morgan fingerprint density at radius 3 is 1.60 bits per heavy atom. The van der Waals surface area contributed by atoms with Crippen LogP contribution in [0.5, 0.6) is 0 Å². The zero-order valence-corrected chi connectivity index (χ0v) is 29.9. The first-order valence-corrected chi connectivity index (χ1v) is 17.0. The van der Waals surface area contributed by atoms with Crippen LogP contribution in [0.1, 0.15) is 67.9 Å². The fraction of sp³-hybridized carbons (Fsp3) is 0.125. The summed E-state index contributed by atoms with van der Waals surface area (Å²) in [5, 5.41) is 56.4. The lowest BCUT2D eigenvalue weighted by atomic mass is 9.91. The second-order valence-electron chi connectivity index (χ2n) is 12.4. The number of aromatic nitrogens is 5. The summed E-state index contributed by atoms with van der Waals surface area (Å²) in [7, 11) is -4.63. The number of aromatic carboxylic acids is 4. The first-order chi connectivity index (χ1) is 25.6. The van der Waals surface area contributed by atoms with Gasteiger partial charge in [-0.25, -0.2) is 19.2 Å². The highest BCUT2D eigenvalue weighted by molar-refractivity contribution is 7.85. The Labute approximate surface area is 313 Å². The SMILES string of the molecule is CC(C)(C)c1nn(-c2nc(Nc3cc(C(=O)O)cc(C(=O)O)c3)nc(Nc3cc(C(=O)O)cc(C(=O)O)c3)n2)c(N)c1N=Nc1cc(S(=O)(=O)O)ccc1Cl. The number of azo groups is 1. The van der Waals surface area contributed by atoms with Crippen LogP contribution >= 0.6 is 11.6 Å². The molecule has 23 heteroatoms. The number of nitrogens with one attached hydrogen (secondary N) is 2. The Morgan fingerprint density at radius 2 is 1.20 bits per heavy atom. The molecular weight excluding hydrogens is 768 g/mol. The van der Waals surface area contributed by atoms with Crippen molar-refractivity contribution in [2.45, 2.75) is 31.1 Å². The molecule has 0 radical (unpaired) electrons. The Hall–Kier alpha value is -7.04. The molecule has 5 rings (SSSR count). The van der Waals surface area contributed by atoms with Crippen molar-refractivity contribution in [2.24, 2.45) is 10.2 Å². The van der Waals surface area contributed by atoms with Gasteiger partial charge in [0.1, 0.15) is 5.69 Å². The van der Waals surface area contributed by atoms with E-state index in [0.717, 1.165) is 53.2 Å². The van der Waals surface area contributed by atoms with Crippen molar-refractivity contribution in [1.29, 1.82) is 0 Å². The van der Waals surface area contributed by atoms with E-state index in [2.05, 4.69) is 40.9 Å². The number of carboxylic acids is 4. The number of benzene rings is 3. The second-order valence-corrected chi connectivity index (χ2v) is 14.2. The Bertz CT molecular complexity index is 2410. The van der Waals surface area contributed by atoms with Gasteiger partial charge in [-0.05, 0) is 54.6 Å². The van der Waals surface area contributed by atoms with Crippen LogP contribution in [-0.2, 0) is 15.5 Å². The summed E-state index contributed by atoms with van der Waals surface area (Å²) in [4.78, 5) is 59.4. The van der Waals surface area contributed by atoms with Crippen LogP contribution in [0.4, 0.5) is 40.5 Å². The van der Waals surface area contributed by atoms with Crippen molar-refractivity contribution in [1.82, 2.24) is 24.7 Å². The van der Waals surface area contributed by atoms with Crippen LogP contribution in [-0.4, -0.2) is 82.0 Å². The van der Waals surface area contributed by atoms with Crippen LogP contribution in [0.15, 0.2) is 69.7 Å². The monoisotopic (exact) mass is 794 g/mol. The maximum absolute atomic E-state index is 11.8. The minimum Gasteiger partial charge on any atom is -0.478 e. The molecule has 9 N–H and O–H groups in total. The summed E-state index contributed by atoms with van der Waals surface area (Å²) in [5.74, 6) is -7.06. The quantitative estimate of drug-likeness (QED) is 0.0568. The molecule has 2 aromatic heterocycles. The zero-order valence-electron chi connectivity index (χ0n) is 28.4. The molecular formula is C32H27ClN10O11S. The van der Waals surface area contributed by atoms with Crippen LogP contribution in [0, 0.1) is 0 Å². The average Bonchev–Trinajstić information content (AvgIpc) is 3.43. The largest absolute Gasteiger partial charge is 0.478 e. The highest BCUT2D eigenvalue weighted by atomic mass is 35.5. The van der Waals surface area contributed by atoms with Gasteiger partial charge >= 0.3 is 23.9 Å². The number of halogens is 1. The normalized spacial score (nSPS) is 11.7. The van der Waals surface area contributed by atoms with Crippen molar-refractivity contribution >= 4 is 86.1 Å². The van der Waals surface area contributed by atoms with Crippen LogP contribution < -0.4 is 16.4 Å². The molecule has 5 aromatic rings. The van der Waals surface area contributed by atoms with Crippen LogP contribution in [0.3, 0.4) is 0 Å². The second kappa shape index (κ2) is 14.8. The molecule has 55 heavy (non-hydrogen) atoms. The summed E-state index contributed by atoms with van der Waals surface area (Å²) in [6.07, 6.45) is 0. The van der Waals surface area contributed by atoms with Crippen molar-refractivity contribution in [2.75, 3.05) is 16.4 Å². The molecule has 0 aliphatic carbocycles. The highest BCUT2D eigenvalue weighted by Crippen LogP contribution is 2.39. The molecule has 0 fully saturated rings. The van der Waals surface area contributed by atoms with Gasteiger partial charge in [-0.1, -0.05) is 32.4 Å². The summed E-state index contributed by atoms with van der Waals surface area (Å²) in [5.41, 5.74) is 3.94. The number of anilines is 5. The first-order valence-electron chi connectivity index (χ1n) is 15.2. The molecule has 0 unspecified atom stereocenters. The van der Waals surface area contributed by atoms with E-state index in [4.69, 9.17) is 17.3 Å². The third-order valence-corrected chi connectivity index (χ3v) is 8.43. The van der Waals surface area contributed by atoms with Gasteiger partial charge in [-0.3, -0.25) is 4.55 Å². The fourth-order valence-corrected chi connectivity index (χ4v) is 5.39. The average molecular weight is 795 g/mol. The molecule has 0 amide bonds. The van der Waals surface area contributed by atoms with Crippen LogP contribution in [0.25, 0.3) is 5.95 Å².